The molecule has 0 amide bonds. The maximum Gasteiger partial charge on any atom is 0.0650 e. The summed E-state index contributed by atoms with van der Waals surface area (Å²) < 4.78 is 5.24. The molecule has 7 nitrogen and oxygen atoms in total. The van der Waals surface area contributed by atoms with Gasteiger partial charge < -0.3 is 4.74 Å². The molecule has 0 unspecified atom stereocenters. The summed E-state index contributed by atoms with van der Waals surface area (Å²) in [6, 6.07) is 21.7. The van der Waals surface area contributed by atoms with Gasteiger partial charge in [0.15, 0.2) is 0 Å². The largest absolute Gasteiger partial charge is 0.382 e. The molecule has 0 fully saturated rings. The van der Waals surface area contributed by atoms with Crippen LogP contribution < -0.4 is 0 Å². The maximum absolute atomic E-state index is 5.24. The van der Waals surface area contributed by atoms with E-state index in [1.807, 2.05) is 68.1 Å². The van der Waals surface area contributed by atoms with Gasteiger partial charge in [-0.1, -0.05) is 43.9 Å². The van der Waals surface area contributed by atoms with E-state index in [1.54, 1.807) is 12.4 Å². The molecule has 2 aromatic carbocycles. The minimum Gasteiger partial charge on any atom is -0.382 e. The molecule has 8 heteroatoms. The van der Waals surface area contributed by atoms with E-state index in [4.69, 9.17) is 4.74 Å². The maximum atomic E-state index is 5.24. The van der Waals surface area contributed by atoms with Gasteiger partial charge in [0.25, 0.3) is 0 Å². The summed E-state index contributed by atoms with van der Waals surface area (Å²) >= 11 is 0. The second-order valence-electron chi connectivity index (χ2n) is 10.3. The summed E-state index contributed by atoms with van der Waals surface area (Å²) in [5, 5.41) is 16.1. The smallest absolute Gasteiger partial charge is 0.0650 e. The van der Waals surface area contributed by atoms with Crippen molar-refractivity contribution in [2.45, 2.75) is 32.6 Å². The Bertz CT molecular complexity index is 1450. The lowest BCUT2D eigenvalue weighted by molar-refractivity contribution is 0.161. The number of hydrogen-bond donors (Lipinski definition) is 2. The first-order chi connectivity index (χ1) is 18.9. The highest BCUT2D eigenvalue weighted by Gasteiger charge is 2.11. The molecule has 4 aromatic heterocycles. The van der Waals surface area contributed by atoms with Gasteiger partial charge in [0.2, 0.25) is 0 Å². The van der Waals surface area contributed by atoms with Gasteiger partial charge in [-0.25, -0.2) is 0 Å². The molecule has 4 heterocycles. The molecule has 0 saturated carbocycles. The van der Waals surface area contributed by atoms with E-state index < -0.39 is 8.07 Å². The van der Waals surface area contributed by atoms with E-state index in [0.29, 0.717) is 0 Å². The van der Waals surface area contributed by atoms with Crippen molar-refractivity contribution in [2.24, 2.45) is 0 Å². The average molecular weight is 537 g/mol. The predicted molar refractivity (Wildman–Crippen MR) is 163 cm³/mol. The Labute approximate surface area is 230 Å². The number of H-pyrrole nitrogens is 2. The zero-order valence-electron chi connectivity index (χ0n) is 23.1. The Morgan fingerprint density at radius 3 is 1.59 bits per heavy atom. The van der Waals surface area contributed by atoms with Gasteiger partial charge in [0, 0.05) is 68.0 Å². The van der Waals surface area contributed by atoms with Crippen molar-refractivity contribution in [3.05, 3.63) is 97.8 Å². The third kappa shape index (κ3) is 8.43. The number of fused-ring (bicyclic) bond motifs is 2. The van der Waals surface area contributed by atoms with Crippen molar-refractivity contribution >= 4 is 29.9 Å². The number of rotatable bonds is 6. The van der Waals surface area contributed by atoms with Crippen molar-refractivity contribution in [3.8, 4) is 22.3 Å². The van der Waals surface area contributed by atoms with E-state index in [0.717, 1.165) is 57.3 Å². The van der Waals surface area contributed by atoms with E-state index in [9.17, 15) is 0 Å². The highest BCUT2D eigenvalue weighted by Crippen LogP contribution is 2.23. The van der Waals surface area contributed by atoms with Crippen LogP contribution in [0.4, 0.5) is 0 Å². The normalized spacial score (nSPS) is 11.0. The Balaban J connectivity index is 0.000000141. The van der Waals surface area contributed by atoms with Crippen LogP contribution in [0.1, 0.15) is 6.92 Å². The summed E-state index contributed by atoms with van der Waals surface area (Å²) in [7, 11) is -0.819. The first-order valence-corrected chi connectivity index (χ1v) is 16.9. The van der Waals surface area contributed by atoms with Crippen LogP contribution in [-0.2, 0) is 4.74 Å². The van der Waals surface area contributed by atoms with Gasteiger partial charge in [0.1, 0.15) is 0 Å². The number of nitrogens with zero attached hydrogens (tertiary/aromatic N) is 4. The van der Waals surface area contributed by atoms with Crippen LogP contribution in [0.3, 0.4) is 0 Å². The van der Waals surface area contributed by atoms with Gasteiger partial charge in [-0.2, -0.15) is 10.2 Å². The number of aromatic nitrogens is 6. The van der Waals surface area contributed by atoms with Gasteiger partial charge in [0.05, 0.1) is 23.4 Å². The molecule has 0 aliphatic heterocycles. The zero-order chi connectivity index (χ0) is 27.5. The highest BCUT2D eigenvalue weighted by atomic mass is 28.3. The fraction of sp³-hybridized carbons (Fsp3) is 0.226. The van der Waals surface area contributed by atoms with Gasteiger partial charge in [-0.05, 0) is 60.5 Å². The molecule has 6 aromatic rings. The van der Waals surface area contributed by atoms with Crippen LogP contribution in [0.15, 0.2) is 97.8 Å². The third-order valence-corrected chi connectivity index (χ3v) is 7.77. The zero-order valence-corrected chi connectivity index (χ0v) is 24.1. The monoisotopic (exact) mass is 536 g/mol. The van der Waals surface area contributed by atoms with E-state index >= 15 is 0 Å². The molecule has 0 aliphatic carbocycles. The Morgan fingerprint density at radius 2 is 1.18 bits per heavy atom. The lowest BCUT2D eigenvalue weighted by Gasteiger charge is -2.14. The standard InChI is InChI=1S/2C12H9N3.C7H18OSi/c2*1-2-10(7-13-5-1)9-3-4-12-11(6-9)8-14-15-12;1-5-8-6-7-9(2,3)4/h2*1-8H,(H,14,15);5-7H2,1-4H3. The highest BCUT2D eigenvalue weighted by molar-refractivity contribution is 6.76. The molecule has 2 N–H and O–H groups in total. The Morgan fingerprint density at radius 1 is 0.667 bits per heavy atom. The summed E-state index contributed by atoms with van der Waals surface area (Å²) in [5.74, 6) is 0. The van der Waals surface area contributed by atoms with Crippen molar-refractivity contribution < 1.29 is 4.74 Å². The number of benzene rings is 2. The van der Waals surface area contributed by atoms with Crippen LogP contribution in [0.2, 0.25) is 25.7 Å². The molecule has 0 bridgehead atoms. The summed E-state index contributed by atoms with van der Waals surface area (Å²) in [6.45, 7) is 11.0. The molecule has 0 radical (unpaired) electrons. The van der Waals surface area contributed by atoms with Gasteiger partial charge >= 0.3 is 0 Å². The molecule has 6 rings (SSSR count). The summed E-state index contributed by atoms with van der Waals surface area (Å²) in [6.07, 6.45) is 10.9. The number of pyridine rings is 2. The molecular formula is C31H36N6OSi. The van der Waals surface area contributed by atoms with Crippen LogP contribution in [-0.4, -0.2) is 51.7 Å². The lowest BCUT2D eigenvalue weighted by Crippen LogP contribution is -2.21. The van der Waals surface area contributed by atoms with Crippen LogP contribution in [0.5, 0.6) is 0 Å². The third-order valence-electron chi connectivity index (χ3n) is 6.07. The lowest BCUT2D eigenvalue weighted by atomic mass is 10.1. The first-order valence-electron chi connectivity index (χ1n) is 13.2. The SMILES string of the molecule is CCOCC[Si](C)(C)C.c1cncc(-c2ccc3[nH]ncc3c2)c1.c1cncc(-c2ccc3[nH]ncc3c2)c1. The van der Waals surface area contributed by atoms with Crippen molar-refractivity contribution in [3.63, 3.8) is 0 Å². The second-order valence-corrected chi connectivity index (χ2v) is 16.0. The van der Waals surface area contributed by atoms with Crippen LogP contribution >= 0.6 is 0 Å². The molecule has 200 valence electrons. The van der Waals surface area contributed by atoms with E-state index in [-0.39, 0.29) is 0 Å². The van der Waals surface area contributed by atoms with Crippen LogP contribution in [0, 0.1) is 0 Å². The van der Waals surface area contributed by atoms with Crippen molar-refractivity contribution in [1.82, 2.24) is 30.4 Å². The van der Waals surface area contributed by atoms with Gasteiger partial charge in [-0.15, -0.1) is 0 Å². The average Bonchev–Trinajstić information content (AvgIpc) is 3.63. The predicted octanol–water partition coefficient (Wildman–Crippen LogP) is 7.61. The Kier molecular flexibility index (Phi) is 9.72. The van der Waals surface area contributed by atoms with Crippen molar-refractivity contribution in [1.29, 1.82) is 0 Å². The summed E-state index contributed by atoms with van der Waals surface area (Å²) in [4.78, 5) is 8.21. The number of hydrogen-bond acceptors (Lipinski definition) is 5. The molecule has 0 saturated heterocycles. The quantitative estimate of drug-likeness (QED) is 0.169. The minimum atomic E-state index is -0.819. The Hall–Kier alpha value is -4.14. The summed E-state index contributed by atoms with van der Waals surface area (Å²) in [5.41, 5.74) is 6.69. The number of nitrogens with one attached hydrogen (secondary N) is 2. The van der Waals surface area contributed by atoms with E-state index in [1.165, 1.54) is 6.04 Å². The fourth-order valence-electron chi connectivity index (χ4n) is 3.83. The minimum absolute atomic E-state index is 0.819. The molecule has 0 atom stereocenters. The number of ether oxygens (including phenoxy) is 1. The van der Waals surface area contributed by atoms with Gasteiger partial charge in [-0.3, -0.25) is 20.2 Å². The topological polar surface area (TPSA) is 92.4 Å². The molecule has 0 aliphatic rings. The molecular weight excluding hydrogens is 500 g/mol. The number of aromatic amines is 2. The second kappa shape index (κ2) is 13.6. The first kappa shape index (κ1) is 27.9. The van der Waals surface area contributed by atoms with E-state index in [2.05, 4.69) is 74.3 Å². The molecule has 39 heavy (non-hydrogen) atoms. The fourth-order valence-corrected chi connectivity index (χ4v) is 4.59. The van der Waals surface area contributed by atoms with Crippen molar-refractivity contribution in [2.75, 3.05) is 13.2 Å². The molecule has 0 spiro atoms. The van der Waals surface area contributed by atoms with Crippen LogP contribution in [0.25, 0.3) is 44.1 Å².